The molecule has 3 amide bonds. The Balaban J connectivity index is 1.23. The molecule has 1 unspecified atom stereocenters. The number of aromatic nitrogens is 1. The summed E-state index contributed by atoms with van der Waals surface area (Å²) in [5, 5.41) is 10.1. The summed E-state index contributed by atoms with van der Waals surface area (Å²) in [5.41, 5.74) is 2.11. The number of ether oxygens (including phenoxy) is 1. The third-order valence-electron chi connectivity index (χ3n) is 6.71. The third kappa shape index (κ3) is 8.85. The van der Waals surface area contributed by atoms with E-state index in [0.717, 1.165) is 21.9 Å². The maximum Gasteiger partial charge on any atom is 0.272 e. The Morgan fingerprint density at radius 1 is 0.957 bits per heavy atom. The summed E-state index contributed by atoms with van der Waals surface area (Å²) in [4.78, 5) is 44.4. The number of methoxy groups -OCH3 is 1. The van der Waals surface area contributed by atoms with Crippen LogP contribution in [-0.2, 0) is 9.59 Å². The van der Waals surface area contributed by atoms with Crippen LogP contribution in [0.1, 0.15) is 22.8 Å². The van der Waals surface area contributed by atoms with Gasteiger partial charge in [-0.15, -0.1) is 23.1 Å². The Labute approximate surface area is 284 Å². The van der Waals surface area contributed by atoms with E-state index in [-0.39, 0.29) is 22.2 Å². The molecule has 0 aliphatic heterocycles. The van der Waals surface area contributed by atoms with Gasteiger partial charge in [-0.1, -0.05) is 48.0 Å². The summed E-state index contributed by atoms with van der Waals surface area (Å²) in [7, 11) is 1.60. The first kappa shape index (κ1) is 33.4. The fraction of sp³-hybridized carbons (Fsp3) is 0.0857. The summed E-state index contributed by atoms with van der Waals surface area (Å²) in [6.45, 7) is 1.78. The van der Waals surface area contributed by atoms with Gasteiger partial charge in [0.15, 0.2) is 5.13 Å². The zero-order valence-corrected chi connectivity index (χ0v) is 27.5. The molecule has 0 saturated heterocycles. The molecule has 238 valence electrons. The largest absolute Gasteiger partial charge is 0.497 e. The van der Waals surface area contributed by atoms with E-state index in [1.54, 1.807) is 68.6 Å². The van der Waals surface area contributed by atoms with Gasteiger partial charge in [0.2, 0.25) is 5.91 Å². The average molecular weight is 687 g/mol. The van der Waals surface area contributed by atoms with Gasteiger partial charge in [-0.25, -0.2) is 9.37 Å². The zero-order chi connectivity index (χ0) is 33.3. The Hall–Kier alpha value is -4.97. The molecule has 4 aromatic carbocycles. The Morgan fingerprint density at radius 3 is 2.43 bits per heavy atom. The van der Waals surface area contributed by atoms with Crippen molar-refractivity contribution in [3.63, 3.8) is 0 Å². The van der Waals surface area contributed by atoms with E-state index in [1.807, 2.05) is 29.6 Å². The number of thioether (sulfide) groups is 1. The van der Waals surface area contributed by atoms with Gasteiger partial charge >= 0.3 is 0 Å². The van der Waals surface area contributed by atoms with Crippen LogP contribution in [0.2, 0.25) is 5.02 Å². The maximum atomic E-state index is 14.6. The van der Waals surface area contributed by atoms with Gasteiger partial charge in [-0.3, -0.25) is 14.4 Å². The molecule has 0 bridgehead atoms. The van der Waals surface area contributed by atoms with Crippen molar-refractivity contribution < 1.29 is 23.5 Å². The van der Waals surface area contributed by atoms with Gasteiger partial charge in [0.05, 0.1) is 23.1 Å². The number of rotatable bonds is 11. The third-order valence-corrected chi connectivity index (χ3v) is 8.91. The van der Waals surface area contributed by atoms with Crippen LogP contribution in [0.15, 0.2) is 113 Å². The van der Waals surface area contributed by atoms with Crippen LogP contribution < -0.4 is 20.7 Å². The second-order valence-corrected chi connectivity index (χ2v) is 12.7. The molecule has 1 aromatic heterocycles. The van der Waals surface area contributed by atoms with Crippen molar-refractivity contribution in [2.45, 2.75) is 17.1 Å². The monoisotopic (exact) mass is 686 g/mol. The van der Waals surface area contributed by atoms with Gasteiger partial charge in [0, 0.05) is 32.7 Å². The van der Waals surface area contributed by atoms with E-state index in [2.05, 4.69) is 20.9 Å². The summed E-state index contributed by atoms with van der Waals surface area (Å²) in [6, 6.07) is 26.8. The number of anilines is 2. The molecule has 0 aliphatic carbocycles. The van der Waals surface area contributed by atoms with E-state index in [4.69, 9.17) is 16.3 Å². The van der Waals surface area contributed by atoms with Crippen molar-refractivity contribution in [3.8, 4) is 17.0 Å². The molecule has 8 nitrogen and oxygen atoms in total. The van der Waals surface area contributed by atoms with Gasteiger partial charge in [0.25, 0.3) is 11.8 Å². The highest BCUT2D eigenvalue weighted by molar-refractivity contribution is 8.00. The van der Waals surface area contributed by atoms with Crippen LogP contribution >= 0.6 is 34.7 Å². The molecule has 47 heavy (non-hydrogen) atoms. The SMILES string of the molecule is COc1cccc(-c2csc(NC(=O)C(C)Sc3ccc(NC(=O)/C(=C/c4c(F)cccc4Cl)NC(=O)c4ccccc4)cc3)n2)c1. The lowest BCUT2D eigenvalue weighted by molar-refractivity contribution is -0.115. The molecular formula is C35H28ClFN4O4S2. The topological polar surface area (TPSA) is 109 Å². The van der Waals surface area contributed by atoms with Gasteiger partial charge in [-0.05, 0) is 73.7 Å². The number of hydrogen-bond acceptors (Lipinski definition) is 7. The summed E-state index contributed by atoms with van der Waals surface area (Å²) < 4.78 is 19.9. The van der Waals surface area contributed by atoms with E-state index in [1.165, 1.54) is 47.4 Å². The second-order valence-electron chi connectivity index (χ2n) is 10.0. The molecule has 3 N–H and O–H groups in total. The lowest BCUT2D eigenvalue weighted by Gasteiger charge is -2.13. The quantitative estimate of drug-likeness (QED) is 0.0956. The van der Waals surface area contributed by atoms with Crippen LogP contribution in [0.5, 0.6) is 5.75 Å². The minimum Gasteiger partial charge on any atom is -0.497 e. The predicted octanol–water partition coefficient (Wildman–Crippen LogP) is 8.14. The zero-order valence-electron chi connectivity index (χ0n) is 25.1. The first-order valence-corrected chi connectivity index (χ1v) is 16.3. The minimum atomic E-state index is -0.682. The normalized spacial score (nSPS) is 11.8. The number of nitrogens with one attached hydrogen (secondary N) is 3. The van der Waals surface area contributed by atoms with Crippen LogP contribution in [-0.4, -0.2) is 35.1 Å². The molecular weight excluding hydrogens is 659 g/mol. The molecule has 0 saturated carbocycles. The standard InChI is InChI=1S/C35H28ClFN4O4S2/c1-21(32(42)41-35-40-31(20-46-35)23-10-6-11-25(18-23)45-2)47-26-16-14-24(15-17-26)38-34(44)30(19-27-28(36)12-7-13-29(27)37)39-33(43)22-8-4-3-5-9-22/h3-21H,1-2H3,(H,38,44)(H,39,43)(H,40,41,42)/b30-19-. The summed E-state index contributed by atoms with van der Waals surface area (Å²) in [6.07, 6.45) is 1.19. The maximum absolute atomic E-state index is 14.6. The first-order chi connectivity index (χ1) is 22.7. The number of halogens is 2. The van der Waals surface area contributed by atoms with Crippen LogP contribution in [0, 0.1) is 5.82 Å². The molecule has 0 aliphatic rings. The number of nitrogens with zero attached hydrogens (tertiary/aromatic N) is 1. The smallest absolute Gasteiger partial charge is 0.272 e. The molecule has 1 heterocycles. The van der Waals surface area contributed by atoms with Gasteiger partial charge in [0.1, 0.15) is 17.3 Å². The van der Waals surface area contributed by atoms with Crippen molar-refractivity contribution in [2.75, 3.05) is 17.7 Å². The minimum absolute atomic E-state index is 0.0408. The van der Waals surface area contributed by atoms with E-state index in [0.29, 0.717) is 16.4 Å². The number of carbonyl (C=O) groups excluding carboxylic acids is 3. The lowest BCUT2D eigenvalue weighted by atomic mass is 10.1. The van der Waals surface area contributed by atoms with Crippen LogP contribution in [0.4, 0.5) is 15.2 Å². The number of thiazole rings is 1. The van der Waals surface area contributed by atoms with Crippen molar-refractivity contribution in [1.29, 1.82) is 0 Å². The highest BCUT2D eigenvalue weighted by Crippen LogP contribution is 2.30. The second kappa shape index (κ2) is 15.5. The number of carbonyl (C=O) groups is 3. The molecule has 1 atom stereocenters. The number of hydrogen-bond donors (Lipinski definition) is 3. The summed E-state index contributed by atoms with van der Waals surface area (Å²) >= 11 is 8.85. The highest BCUT2D eigenvalue weighted by Gasteiger charge is 2.19. The van der Waals surface area contributed by atoms with Crippen LogP contribution in [0.3, 0.4) is 0 Å². The van der Waals surface area contributed by atoms with Gasteiger partial charge in [-0.2, -0.15) is 0 Å². The average Bonchev–Trinajstić information content (AvgIpc) is 3.55. The Morgan fingerprint density at radius 2 is 1.70 bits per heavy atom. The molecule has 0 spiro atoms. The molecule has 0 radical (unpaired) electrons. The predicted molar refractivity (Wildman–Crippen MR) is 186 cm³/mol. The van der Waals surface area contributed by atoms with E-state index < -0.39 is 22.9 Å². The Bertz CT molecular complexity index is 1910. The first-order valence-electron chi connectivity index (χ1n) is 14.2. The molecule has 12 heteroatoms. The van der Waals surface area contributed by atoms with Crippen molar-refractivity contribution in [2.24, 2.45) is 0 Å². The van der Waals surface area contributed by atoms with Gasteiger partial charge < -0.3 is 20.7 Å². The molecule has 5 aromatic rings. The van der Waals surface area contributed by atoms with Crippen molar-refractivity contribution in [3.05, 3.63) is 130 Å². The molecule has 5 rings (SSSR count). The highest BCUT2D eigenvalue weighted by atomic mass is 35.5. The van der Waals surface area contributed by atoms with Crippen molar-refractivity contribution in [1.82, 2.24) is 10.3 Å². The number of amides is 3. The van der Waals surface area contributed by atoms with E-state index in [9.17, 15) is 18.8 Å². The summed E-state index contributed by atoms with van der Waals surface area (Å²) in [5.74, 6) is -1.37. The molecule has 0 fully saturated rings. The fourth-order valence-corrected chi connectivity index (χ4v) is 6.07. The Kier molecular flexibility index (Phi) is 11.0. The van der Waals surface area contributed by atoms with E-state index >= 15 is 0 Å². The van der Waals surface area contributed by atoms with Crippen molar-refractivity contribution >= 4 is 69.3 Å². The number of benzene rings is 4. The lowest BCUT2D eigenvalue weighted by Crippen LogP contribution is -2.30. The fourth-order valence-electron chi connectivity index (χ4n) is 4.26. The van der Waals surface area contributed by atoms with Crippen LogP contribution in [0.25, 0.3) is 17.3 Å².